The van der Waals surface area contributed by atoms with Crippen molar-refractivity contribution in [3.8, 4) is 5.75 Å². The first-order valence-corrected chi connectivity index (χ1v) is 9.26. The summed E-state index contributed by atoms with van der Waals surface area (Å²) in [6, 6.07) is 4.52. The number of hydrogen-bond donors (Lipinski definition) is 3. The molecule has 0 bridgehead atoms. The summed E-state index contributed by atoms with van der Waals surface area (Å²) in [5.41, 5.74) is 5.63. The van der Waals surface area contributed by atoms with E-state index in [1.165, 1.54) is 33.1 Å². The summed E-state index contributed by atoms with van der Waals surface area (Å²) in [6.07, 6.45) is -2.60. The molecule has 0 saturated carbocycles. The Hall–Kier alpha value is -3.01. The maximum absolute atomic E-state index is 14.1. The van der Waals surface area contributed by atoms with Crippen molar-refractivity contribution in [1.29, 1.82) is 0 Å². The highest BCUT2D eigenvalue weighted by molar-refractivity contribution is 5.60. The molecule has 0 saturated heterocycles. The molecular formula is C21H25F4N3O3. The average molecular weight is 443 g/mol. The Morgan fingerprint density at radius 2 is 1.87 bits per heavy atom. The highest BCUT2D eigenvalue weighted by Gasteiger charge is 2.56. The summed E-state index contributed by atoms with van der Waals surface area (Å²) in [7, 11) is 1.32. The van der Waals surface area contributed by atoms with Crippen LogP contribution in [0.4, 0.5) is 23.2 Å². The van der Waals surface area contributed by atoms with E-state index in [9.17, 15) is 27.5 Å². The summed E-state index contributed by atoms with van der Waals surface area (Å²) >= 11 is 0. The molecule has 1 heterocycles. The highest BCUT2D eigenvalue weighted by atomic mass is 19.4. The molecule has 2 aromatic rings. The SMILES string of the molecule is COc1ccc(F)cc1C(C)(C)CC(O)(Cn1ccc(=O)c(N)c1/C=C\N)C(F)(F)F. The standard InChI is InChI=1S/C21H25F4N3O3/c1-19(2,14-10-13(22)4-5-17(14)31-3)11-20(30,21(23,24)25)12-28-9-7-16(29)18(27)15(28)6-8-26/h4-10,30H,11-12,26-27H2,1-3H3/b8-6-. The highest BCUT2D eigenvalue weighted by Crippen LogP contribution is 2.44. The zero-order valence-electron chi connectivity index (χ0n) is 17.3. The van der Waals surface area contributed by atoms with E-state index < -0.39 is 41.4 Å². The van der Waals surface area contributed by atoms with Gasteiger partial charge in [-0.15, -0.1) is 0 Å². The molecule has 1 aromatic carbocycles. The topological polar surface area (TPSA) is 104 Å². The number of nitrogens with zero attached hydrogens (tertiary/aromatic N) is 1. The summed E-state index contributed by atoms with van der Waals surface area (Å²) in [4.78, 5) is 11.8. The predicted molar refractivity (Wildman–Crippen MR) is 110 cm³/mol. The van der Waals surface area contributed by atoms with Crippen molar-refractivity contribution in [3.05, 3.63) is 64.0 Å². The van der Waals surface area contributed by atoms with Crippen molar-refractivity contribution in [2.45, 2.75) is 44.0 Å². The van der Waals surface area contributed by atoms with Crippen molar-refractivity contribution >= 4 is 11.8 Å². The molecule has 2 rings (SSSR count). The molecular weight excluding hydrogens is 418 g/mol. The van der Waals surface area contributed by atoms with E-state index in [4.69, 9.17) is 16.2 Å². The van der Waals surface area contributed by atoms with E-state index in [1.807, 2.05) is 0 Å². The Morgan fingerprint density at radius 1 is 1.23 bits per heavy atom. The first-order valence-electron chi connectivity index (χ1n) is 9.26. The molecule has 0 aliphatic carbocycles. The molecule has 6 nitrogen and oxygen atoms in total. The Morgan fingerprint density at radius 3 is 2.42 bits per heavy atom. The van der Waals surface area contributed by atoms with Gasteiger partial charge in [-0.05, 0) is 42.3 Å². The van der Waals surface area contributed by atoms with Crippen LogP contribution in [0, 0.1) is 5.82 Å². The van der Waals surface area contributed by atoms with Crippen LogP contribution in [0.15, 0.2) is 41.5 Å². The van der Waals surface area contributed by atoms with E-state index in [-0.39, 0.29) is 22.7 Å². The Kier molecular flexibility index (Phi) is 6.75. The molecule has 0 amide bonds. The smallest absolute Gasteiger partial charge is 0.418 e. The van der Waals surface area contributed by atoms with E-state index >= 15 is 0 Å². The lowest BCUT2D eigenvalue weighted by atomic mass is 9.74. The summed E-state index contributed by atoms with van der Waals surface area (Å²) in [5.74, 6) is -0.460. The average Bonchev–Trinajstić information content (AvgIpc) is 2.66. The fourth-order valence-corrected chi connectivity index (χ4v) is 3.59. The normalized spacial score (nSPS) is 14.6. The lowest BCUT2D eigenvalue weighted by molar-refractivity contribution is -0.271. The number of nitrogens with two attached hydrogens (primary N) is 2. The molecule has 1 aromatic heterocycles. The van der Waals surface area contributed by atoms with Crippen LogP contribution in [0.1, 0.15) is 31.5 Å². The minimum Gasteiger partial charge on any atom is -0.496 e. The molecule has 170 valence electrons. The minimum absolute atomic E-state index is 0.0705. The molecule has 1 atom stereocenters. The fraction of sp³-hybridized carbons (Fsp3) is 0.381. The molecule has 5 N–H and O–H groups in total. The van der Waals surface area contributed by atoms with E-state index in [0.717, 1.165) is 35.2 Å². The van der Waals surface area contributed by atoms with Gasteiger partial charge in [0.05, 0.1) is 19.3 Å². The van der Waals surface area contributed by atoms with E-state index in [1.54, 1.807) is 0 Å². The zero-order valence-corrected chi connectivity index (χ0v) is 17.3. The maximum atomic E-state index is 14.1. The summed E-state index contributed by atoms with van der Waals surface area (Å²) in [6.45, 7) is 1.92. The van der Waals surface area contributed by atoms with Gasteiger partial charge in [-0.3, -0.25) is 4.79 Å². The van der Waals surface area contributed by atoms with Gasteiger partial charge in [0.25, 0.3) is 0 Å². The van der Waals surface area contributed by atoms with Crippen molar-refractivity contribution in [2.24, 2.45) is 5.73 Å². The van der Waals surface area contributed by atoms with Crippen LogP contribution in [-0.4, -0.2) is 28.6 Å². The van der Waals surface area contributed by atoms with Crippen LogP contribution in [-0.2, 0) is 12.0 Å². The number of anilines is 1. The van der Waals surface area contributed by atoms with Crippen molar-refractivity contribution < 1.29 is 27.4 Å². The van der Waals surface area contributed by atoms with E-state index in [0.29, 0.717) is 0 Å². The van der Waals surface area contributed by atoms with E-state index in [2.05, 4.69) is 0 Å². The van der Waals surface area contributed by atoms with Crippen molar-refractivity contribution in [2.75, 3.05) is 12.8 Å². The predicted octanol–water partition coefficient (Wildman–Crippen LogP) is 3.17. The lowest BCUT2D eigenvalue weighted by Crippen LogP contribution is -2.52. The summed E-state index contributed by atoms with van der Waals surface area (Å²) < 4.78 is 62.3. The number of hydrogen-bond acceptors (Lipinski definition) is 5. The van der Waals surface area contributed by atoms with Crippen LogP contribution in [0.5, 0.6) is 5.75 Å². The number of pyridine rings is 1. The van der Waals surface area contributed by atoms with Crippen LogP contribution >= 0.6 is 0 Å². The monoisotopic (exact) mass is 443 g/mol. The minimum atomic E-state index is -5.06. The van der Waals surface area contributed by atoms with Gasteiger partial charge in [0.15, 0.2) is 5.60 Å². The van der Waals surface area contributed by atoms with Gasteiger partial charge in [-0.2, -0.15) is 13.2 Å². The molecule has 10 heteroatoms. The molecule has 0 spiro atoms. The molecule has 0 radical (unpaired) electrons. The number of nitrogen functional groups attached to an aromatic ring is 1. The van der Waals surface area contributed by atoms with Crippen LogP contribution < -0.4 is 21.6 Å². The molecule has 0 fully saturated rings. The largest absolute Gasteiger partial charge is 0.496 e. The number of aromatic nitrogens is 1. The second-order valence-electron chi connectivity index (χ2n) is 7.90. The first kappa shape index (κ1) is 24.3. The van der Waals surface area contributed by atoms with Gasteiger partial charge in [-0.1, -0.05) is 13.8 Å². The summed E-state index contributed by atoms with van der Waals surface area (Å²) in [5, 5.41) is 10.8. The second-order valence-corrected chi connectivity index (χ2v) is 7.90. The van der Waals surface area contributed by atoms with Gasteiger partial charge in [-0.25, -0.2) is 4.39 Å². The van der Waals surface area contributed by atoms with Crippen molar-refractivity contribution in [3.63, 3.8) is 0 Å². The fourth-order valence-electron chi connectivity index (χ4n) is 3.59. The third-order valence-corrected chi connectivity index (χ3v) is 5.10. The van der Waals surface area contributed by atoms with Crippen LogP contribution in [0.2, 0.25) is 0 Å². The number of halogens is 4. The zero-order chi connectivity index (χ0) is 23.6. The third kappa shape index (κ3) is 5.01. The number of alkyl halides is 3. The molecule has 0 aliphatic heterocycles. The quantitative estimate of drug-likeness (QED) is 0.571. The van der Waals surface area contributed by atoms with Gasteiger partial charge in [0.1, 0.15) is 17.3 Å². The molecule has 1 unspecified atom stereocenters. The first-order chi connectivity index (χ1) is 14.3. The van der Waals surface area contributed by atoms with Gasteiger partial charge < -0.3 is 25.9 Å². The number of benzene rings is 1. The Labute approximate surface area is 176 Å². The lowest BCUT2D eigenvalue weighted by Gasteiger charge is -2.39. The van der Waals surface area contributed by atoms with Crippen LogP contribution in [0.3, 0.4) is 0 Å². The van der Waals surface area contributed by atoms with Crippen LogP contribution in [0.25, 0.3) is 6.08 Å². The maximum Gasteiger partial charge on any atom is 0.418 e. The van der Waals surface area contributed by atoms with Gasteiger partial charge in [0.2, 0.25) is 5.43 Å². The number of aliphatic hydroxyl groups is 1. The van der Waals surface area contributed by atoms with Gasteiger partial charge in [0, 0.05) is 17.8 Å². The molecule has 31 heavy (non-hydrogen) atoms. The second kappa shape index (κ2) is 8.62. The Bertz CT molecular complexity index is 1030. The van der Waals surface area contributed by atoms with Crippen molar-refractivity contribution in [1.82, 2.24) is 4.57 Å². The Balaban J connectivity index is 2.58. The molecule has 0 aliphatic rings. The third-order valence-electron chi connectivity index (χ3n) is 5.10. The number of ether oxygens (including phenoxy) is 1. The number of methoxy groups -OCH3 is 1. The number of rotatable bonds is 7. The van der Waals surface area contributed by atoms with Gasteiger partial charge >= 0.3 is 6.18 Å².